The molecule has 1 aliphatic heterocycles. The lowest BCUT2D eigenvalue weighted by Crippen LogP contribution is -2.49. The number of benzene rings is 3. The Hall–Kier alpha value is -4.51. The van der Waals surface area contributed by atoms with Crippen molar-refractivity contribution in [3.8, 4) is 16.9 Å². The molecule has 4 aromatic rings. The van der Waals surface area contributed by atoms with E-state index in [-0.39, 0.29) is 17.4 Å². The van der Waals surface area contributed by atoms with Gasteiger partial charge in [0.1, 0.15) is 5.75 Å². The van der Waals surface area contributed by atoms with E-state index in [0.717, 1.165) is 28.2 Å². The van der Waals surface area contributed by atoms with E-state index in [1.54, 1.807) is 29.2 Å². The number of phenolic OH excluding ortho intramolecular Hbond substituents is 1. The quantitative estimate of drug-likeness (QED) is 0.402. The molecule has 3 aromatic carbocycles. The summed E-state index contributed by atoms with van der Waals surface area (Å²) in [5, 5.41) is 19.6. The fourth-order valence-corrected chi connectivity index (χ4v) is 5.00. The van der Waals surface area contributed by atoms with Gasteiger partial charge in [-0.3, -0.25) is 9.59 Å². The first-order chi connectivity index (χ1) is 18.2. The number of fused-ring (bicyclic) bond motifs is 1. The maximum Gasteiger partial charge on any atom is 0.285 e. The molecule has 1 saturated heterocycles. The van der Waals surface area contributed by atoms with Gasteiger partial charge in [-0.05, 0) is 52.2 Å². The molecule has 0 unspecified atom stereocenters. The van der Waals surface area contributed by atoms with Crippen LogP contribution >= 0.6 is 0 Å². The second-order valence-electron chi connectivity index (χ2n) is 9.02. The third kappa shape index (κ3) is 5.28. The van der Waals surface area contributed by atoms with Crippen LogP contribution in [0.5, 0.6) is 5.75 Å². The Labute approximate surface area is 219 Å². The highest BCUT2D eigenvalue weighted by atomic mass is 32.2. The van der Waals surface area contributed by atoms with E-state index in [4.69, 9.17) is 0 Å². The molecule has 1 aliphatic rings. The molecular weight excluding hydrogens is 506 g/mol. The lowest BCUT2D eigenvalue weighted by molar-refractivity contribution is 0.0748. The molecule has 0 spiro atoms. The van der Waals surface area contributed by atoms with Crippen LogP contribution in [0.1, 0.15) is 20.8 Å². The van der Waals surface area contributed by atoms with Gasteiger partial charge in [-0.15, -0.1) is 10.2 Å². The van der Waals surface area contributed by atoms with Crippen molar-refractivity contribution >= 4 is 38.4 Å². The first-order valence-corrected chi connectivity index (χ1v) is 13.8. The molecule has 194 valence electrons. The number of sulfonamides is 1. The summed E-state index contributed by atoms with van der Waals surface area (Å²) in [7, 11) is -3.70. The van der Waals surface area contributed by atoms with Crippen LogP contribution in [0.15, 0.2) is 72.8 Å². The predicted molar refractivity (Wildman–Crippen MR) is 144 cm³/mol. The molecule has 0 bridgehead atoms. The van der Waals surface area contributed by atoms with E-state index >= 15 is 0 Å². The van der Waals surface area contributed by atoms with Crippen LogP contribution in [-0.2, 0) is 10.0 Å². The van der Waals surface area contributed by atoms with Gasteiger partial charge in [0.05, 0.1) is 6.26 Å². The highest BCUT2D eigenvalue weighted by Crippen LogP contribution is 2.33. The number of nitrogens with one attached hydrogen (secondary N) is 1. The van der Waals surface area contributed by atoms with Gasteiger partial charge in [0.2, 0.25) is 10.0 Å². The molecule has 0 saturated carbocycles. The zero-order chi connectivity index (χ0) is 26.9. The normalized spacial score (nSPS) is 13.9. The average Bonchev–Trinajstić information content (AvgIpc) is 2.91. The second kappa shape index (κ2) is 10.1. The molecule has 1 aromatic heterocycles. The third-order valence-corrected chi connectivity index (χ3v) is 6.92. The molecule has 10 nitrogen and oxygen atoms in total. The van der Waals surface area contributed by atoms with Crippen LogP contribution in [0, 0.1) is 0 Å². The first-order valence-electron chi connectivity index (χ1n) is 11.9. The van der Waals surface area contributed by atoms with E-state index in [9.17, 15) is 23.1 Å². The van der Waals surface area contributed by atoms with Crippen LogP contribution in [0.2, 0.25) is 0 Å². The Morgan fingerprint density at radius 2 is 1.61 bits per heavy atom. The molecule has 2 N–H and O–H groups in total. The van der Waals surface area contributed by atoms with Gasteiger partial charge in [0, 0.05) is 31.7 Å². The average molecular weight is 532 g/mol. The predicted octanol–water partition coefficient (Wildman–Crippen LogP) is 2.65. The number of hydrogen-bond acceptors (Lipinski definition) is 8. The minimum Gasteiger partial charge on any atom is -0.508 e. The van der Waals surface area contributed by atoms with E-state index < -0.39 is 15.9 Å². The monoisotopic (exact) mass is 531 g/mol. The lowest BCUT2D eigenvalue weighted by Gasteiger charge is -2.35. The molecule has 5 rings (SSSR count). The number of piperazine rings is 1. The van der Waals surface area contributed by atoms with Gasteiger partial charge in [-0.2, -0.15) is 0 Å². The smallest absolute Gasteiger partial charge is 0.285 e. The molecule has 11 heteroatoms. The van der Waals surface area contributed by atoms with E-state index in [2.05, 4.69) is 10.2 Å². The van der Waals surface area contributed by atoms with Crippen LogP contribution in [-0.4, -0.2) is 72.9 Å². The second-order valence-corrected chi connectivity index (χ2v) is 10.8. The summed E-state index contributed by atoms with van der Waals surface area (Å²) < 4.78 is 24.4. The fraction of sp³-hybridized carbons (Fsp3) is 0.185. The summed E-state index contributed by atoms with van der Waals surface area (Å²) in [6.07, 6.45) is 0.889. The van der Waals surface area contributed by atoms with E-state index in [1.165, 1.54) is 6.07 Å². The minimum absolute atomic E-state index is 0.0674. The zero-order valence-electron chi connectivity index (χ0n) is 20.5. The van der Waals surface area contributed by atoms with Crippen LogP contribution in [0.3, 0.4) is 0 Å². The Morgan fingerprint density at radius 3 is 2.26 bits per heavy atom. The van der Waals surface area contributed by atoms with Crippen LogP contribution < -0.4 is 9.62 Å². The highest BCUT2D eigenvalue weighted by Gasteiger charge is 2.25. The number of aromatic hydroxyl groups is 1. The van der Waals surface area contributed by atoms with Crippen LogP contribution in [0.4, 0.5) is 5.82 Å². The number of rotatable bonds is 5. The number of phenols is 1. The molecule has 2 heterocycles. The Balaban J connectivity index is 1.31. The summed E-state index contributed by atoms with van der Waals surface area (Å²) in [5.41, 5.74) is 2.31. The highest BCUT2D eigenvalue weighted by molar-refractivity contribution is 7.89. The zero-order valence-corrected chi connectivity index (χ0v) is 21.4. The Kier molecular flexibility index (Phi) is 6.68. The molecule has 0 aliphatic carbocycles. The number of aromatic nitrogens is 2. The number of carbonyl (C=O) groups excluding carboxylic acids is 2. The van der Waals surface area contributed by atoms with Gasteiger partial charge in [0.15, 0.2) is 11.5 Å². The third-order valence-electron chi connectivity index (χ3n) is 6.36. The van der Waals surface area contributed by atoms with Crippen molar-refractivity contribution in [3.63, 3.8) is 0 Å². The SMILES string of the molecule is CS(=O)(=O)NC(=O)c1ccc(N2CCN(C(=O)c3ccc(-c4cccc(O)c4)c4ccccc34)CC2)nn1. The van der Waals surface area contributed by atoms with Crippen molar-refractivity contribution in [2.24, 2.45) is 0 Å². The molecule has 38 heavy (non-hydrogen) atoms. The molecule has 1 fully saturated rings. The lowest BCUT2D eigenvalue weighted by atomic mass is 9.94. The molecular formula is C27H25N5O5S. The van der Waals surface area contributed by atoms with Crippen molar-refractivity contribution in [1.29, 1.82) is 0 Å². The van der Waals surface area contributed by atoms with Crippen molar-refractivity contribution < 1.29 is 23.1 Å². The van der Waals surface area contributed by atoms with E-state index in [1.807, 2.05) is 52.1 Å². The maximum absolute atomic E-state index is 13.5. The number of hydrogen-bond donors (Lipinski definition) is 2. The minimum atomic E-state index is -3.70. The van der Waals surface area contributed by atoms with Gasteiger partial charge in [-0.25, -0.2) is 13.1 Å². The number of nitrogens with zero attached hydrogens (tertiary/aromatic N) is 4. The number of carbonyl (C=O) groups is 2. The number of anilines is 1. The Morgan fingerprint density at radius 1 is 0.868 bits per heavy atom. The van der Waals surface area contributed by atoms with E-state index in [0.29, 0.717) is 37.6 Å². The largest absolute Gasteiger partial charge is 0.508 e. The summed E-state index contributed by atoms with van der Waals surface area (Å²) in [4.78, 5) is 29.2. The molecule has 0 atom stereocenters. The molecule has 2 amide bonds. The molecule has 0 radical (unpaired) electrons. The van der Waals surface area contributed by atoms with Crippen molar-refractivity contribution in [3.05, 3.63) is 84.1 Å². The van der Waals surface area contributed by atoms with Gasteiger partial charge < -0.3 is 14.9 Å². The number of amides is 2. The Bertz CT molecular complexity index is 1630. The summed E-state index contributed by atoms with van der Waals surface area (Å²) in [6, 6.07) is 21.6. The van der Waals surface area contributed by atoms with Gasteiger partial charge in [-0.1, -0.05) is 42.5 Å². The fourth-order valence-electron chi connectivity index (χ4n) is 4.56. The van der Waals surface area contributed by atoms with Gasteiger partial charge in [0.25, 0.3) is 11.8 Å². The van der Waals surface area contributed by atoms with Crippen molar-refractivity contribution in [2.45, 2.75) is 0 Å². The van der Waals surface area contributed by atoms with Crippen molar-refractivity contribution in [1.82, 2.24) is 19.8 Å². The topological polar surface area (TPSA) is 133 Å². The van der Waals surface area contributed by atoms with Gasteiger partial charge >= 0.3 is 0 Å². The summed E-state index contributed by atoms with van der Waals surface area (Å²) >= 11 is 0. The van der Waals surface area contributed by atoms with Crippen molar-refractivity contribution in [2.75, 3.05) is 37.3 Å². The summed E-state index contributed by atoms with van der Waals surface area (Å²) in [5.74, 6) is -0.193. The maximum atomic E-state index is 13.5. The summed E-state index contributed by atoms with van der Waals surface area (Å²) in [6.45, 7) is 1.99. The van der Waals surface area contributed by atoms with Crippen LogP contribution in [0.25, 0.3) is 21.9 Å². The standard InChI is InChI=1S/C27H25N5O5S/c1-38(36,37)30-26(34)24-11-12-25(29-28-24)31-13-15-32(16-14-31)27(35)23-10-9-20(18-5-4-6-19(33)17-18)21-7-2-3-8-22(21)23/h2-12,17,33H,13-16H2,1H3,(H,30,34). The first kappa shape index (κ1) is 25.2.